The first kappa shape index (κ1) is 12.2. The van der Waals surface area contributed by atoms with E-state index in [0.29, 0.717) is 11.7 Å². The second-order valence-corrected chi connectivity index (χ2v) is 4.18. The molecule has 0 aliphatic heterocycles. The molecular formula is C10H16ClN3O. The van der Waals surface area contributed by atoms with Crippen molar-refractivity contribution in [1.29, 1.82) is 0 Å². The molecule has 1 aromatic heterocycles. The molecule has 4 nitrogen and oxygen atoms in total. The molecule has 1 heterocycles. The molecule has 1 rings (SSSR count). The van der Waals surface area contributed by atoms with Gasteiger partial charge >= 0.3 is 0 Å². The Kier molecular flexibility index (Phi) is 4.29. The maximum absolute atomic E-state index is 9.16. The Balaban J connectivity index is 2.79. The minimum absolute atomic E-state index is 0.0182. The maximum atomic E-state index is 9.16. The number of rotatable bonds is 4. The summed E-state index contributed by atoms with van der Waals surface area (Å²) in [6.45, 7) is 5.98. The number of aryl methyl sites for hydroxylation is 1. The first-order valence-electron chi connectivity index (χ1n) is 4.91. The fraction of sp³-hybridized carbons (Fsp3) is 0.600. The number of halogens is 1. The Bertz CT molecular complexity index is 310. The van der Waals surface area contributed by atoms with E-state index in [2.05, 4.69) is 15.3 Å². The van der Waals surface area contributed by atoms with Crippen molar-refractivity contribution in [3.8, 4) is 0 Å². The third-order valence-corrected chi connectivity index (χ3v) is 2.33. The van der Waals surface area contributed by atoms with Crippen molar-refractivity contribution in [2.75, 3.05) is 11.9 Å². The summed E-state index contributed by atoms with van der Waals surface area (Å²) in [6.07, 6.45) is 0. The zero-order chi connectivity index (χ0) is 11.4. The molecule has 15 heavy (non-hydrogen) atoms. The molecule has 0 aliphatic rings. The summed E-state index contributed by atoms with van der Waals surface area (Å²) in [4.78, 5) is 8.00. The molecule has 0 saturated heterocycles. The first-order chi connectivity index (χ1) is 7.02. The van der Waals surface area contributed by atoms with Crippen LogP contribution in [0.3, 0.4) is 0 Å². The molecule has 5 heteroatoms. The van der Waals surface area contributed by atoms with E-state index in [1.54, 1.807) is 6.07 Å². The van der Waals surface area contributed by atoms with Crippen LogP contribution in [-0.2, 0) is 0 Å². The van der Waals surface area contributed by atoms with Crippen molar-refractivity contribution in [3.05, 3.63) is 17.0 Å². The predicted molar refractivity (Wildman–Crippen MR) is 61.1 cm³/mol. The highest BCUT2D eigenvalue weighted by Crippen LogP contribution is 2.13. The number of nitrogens with zero attached hydrogens (tertiary/aromatic N) is 2. The lowest BCUT2D eigenvalue weighted by Gasteiger charge is -2.20. The van der Waals surface area contributed by atoms with Crippen LogP contribution >= 0.6 is 11.6 Å². The highest BCUT2D eigenvalue weighted by Gasteiger charge is 2.12. The molecule has 0 amide bonds. The molecule has 0 radical (unpaired) electrons. The van der Waals surface area contributed by atoms with Crippen LogP contribution in [0.5, 0.6) is 0 Å². The molecule has 2 N–H and O–H groups in total. The van der Waals surface area contributed by atoms with E-state index >= 15 is 0 Å². The maximum Gasteiger partial charge on any atom is 0.224 e. The largest absolute Gasteiger partial charge is 0.394 e. The van der Waals surface area contributed by atoms with Crippen molar-refractivity contribution in [2.24, 2.45) is 5.92 Å². The summed E-state index contributed by atoms with van der Waals surface area (Å²) in [6, 6.07) is 1.78. The zero-order valence-electron chi connectivity index (χ0n) is 9.16. The third kappa shape index (κ3) is 3.64. The normalized spacial score (nSPS) is 12.9. The summed E-state index contributed by atoms with van der Waals surface area (Å²) in [5.41, 5.74) is 0.804. The van der Waals surface area contributed by atoms with Gasteiger partial charge in [-0.25, -0.2) is 9.97 Å². The van der Waals surface area contributed by atoms with Gasteiger partial charge in [0.1, 0.15) is 5.82 Å². The molecule has 0 aliphatic carbocycles. The van der Waals surface area contributed by atoms with Crippen LogP contribution in [0.4, 0.5) is 5.82 Å². The number of aliphatic hydroxyl groups excluding tert-OH is 1. The predicted octanol–water partition coefficient (Wildman–Crippen LogP) is 1.87. The minimum Gasteiger partial charge on any atom is -0.394 e. The molecule has 0 aromatic carbocycles. The van der Waals surface area contributed by atoms with Crippen LogP contribution < -0.4 is 5.32 Å². The van der Waals surface area contributed by atoms with Crippen molar-refractivity contribution in [1.82, 2.24) is 9.97 Å². The average molecular weight is 230 g/mol. The number of hydrogen-bond acceptors (Lipinski definition) is 4. The number of hydrogen-bond donors (Lipinski definition) is 2. The lowest BCUT2D eigenvalue weighted by molar-refractivity contribution is 0.249. The van der Waals surface area contributed by atoms with E-state index < -0.39 is 0 Å². The van der Waals surface area contributed by atoms with Crippen LogP contribution in [0, 0.1) is 12.8 Å². The van der Waals surface area contributed by atoms with Gasteiger partial charge in [-0.05, 0) is 24.4 Å². The van der Waals surface area contributed by atoms with Crippen molar-refractivity contribution >= 4 is 17.4 Å². The Hall–Kier alpha value is -0.870. The van der Waals surface area contributed by atoms with E-state index in [1.807, 2.05) is 20.8 Å². The van der Waals surface area contributed by atoms with Crippen molar-refractivity contribution in [3.63, 3.8) is 0 Å². The lowest BCUT2D eigenvalue weighted by atomic mass is 10.1. The topological polar surface area (TPSA) is 58.0 Å². The lowest BCUT2D eigenvalue weighted by Crippen LogP contribution is -2.29. The number of aliphatic hydroxyl groups is 1. The van der Waals surface area contributed by atoms with Gasteiger partial charge in [0, 0.05) is 11.8 Å². The van der Waals surface area contributed by atoms with Gasteiger partial charge in [-0.2, -0.15) is 0 Å². The number of nitrogens with one attached hydrogen (secondary N) is 1. The van der Waals surface area contributed by atoms with E-state index in [1.165, 1.54) is 0 Å². The van der Waals surface area contributed by atoms with Gasteiger partial charge < -0.3 is 10.4 Å². The van der Waals surface area contributed by atoms with Gasteiger partial charge in [-0.15, -0.1) is 0 Å². The van der Waals surface area contributed by atoms with E-state index in [4.69, 9.17) is 16.7 Å². The summed E-state index contributed by atoms with van der Waals surface area (Å²) < 4.78 is 0. The molecule has 0 spiro atoms. The Labute approximate surface area is 94.7 Å². The van der Waals surface area contributed by atoms with Crippen LogP contribution in [0.2, 0.25) is 5.28 Å². The number of aromatic nitrogens is 2. The minimum atomic E-state index is -0.0182. The van der Waals surface area contributed by atoms with Crippen molar-refractivity contribution < 1.29 is 5.11 Å². The summed E-state index contributed by atoms with van der Waals surface area (Å²) in [7, 11) is 0. The molecule has 0 saturated carbocycles. The second-order valence-electron chi connectivity index (χ2n) is 3.84. The van der Waals surface area contributed by atoms with Crippen LogP contribution in [0.1, 0.15) is 19.5 Å². The van der Waals surface area contributed by atoms with E-state index in [-0.39, 0.29) is 17.9 Å². The molecule has 1 atom stereocenters. The van der Waals surface area contributed by atoms with Crippen LogP contribution in [-0.4, -0.2) is 27.7 Å². The second kappa shape index (κ2) is 5.28. The molecule has 0 bridgehead atoms. The molecule has 1 aromatic rings. The Morgan fingerprint density at radius 3 is 2.60 bits per heavy atom. The van der Waals surface area contributed by atoms with Crippen molar-refractivity contribution in [2.45, 2.75) is 26.8 Å². The van der Waals surface area contributed by atoms with Gasteiger partial charge in [0.25, 0.3) is 0 Å². The third-order valence-electron chi connectivity index (χ3n) is 2.16. The van der Waals surface area contributed by atoms with Gasteiger partial charge in [0.2, 0.25) is 5.28 Å². The number of anilines is 1. The van der Waals surface area contributed by atoms with E-state index in [0.717, 1.165) is 5.69 Å². The molecule has 84 valence electrons. The van der Waals surface area contributed by atoms with Crippen LogP contribution in [0.25, 0.3) is 0 Å². The molecule has 0 fully saturated rings. The van der Waals surface area contributed by atoms with Gasteiger partial charge in [-0.3, -0.25) is 0 Å². The SMILES string of the molecule is Cc1cc(N[C@@H](CO)C(C)C)nc(Cl)n1. The standard InChI is InChI=1S/C10H16ClN3O/c1-6(2)8(5-15)13-9-4-7(3)12-10(11)14-9/h4,6,8,15H,5H2,1-3H3,(H,12,13,14)/t8-/m0/s1. The molecule has 0 unspecified atom stereocenters. The monoisotopic (exact) mass is 229 g/mol. The quantitative estimate of drug-likeness (QED) is 0.774. The zero-order valence-corrected chi connectivity index (χ0v) is 9.91. The summed E-state index contributed by atoms with van der Waals surface area (Å²) in [5.74, 6) is 0.976. The average Bonchev–Trinajstić information content (AvgIpc) is 2.12. The van der Waals surface area contributed by atoms with Crippen LogP contribution in [0.15, 0.2) is 6.07 Å². The highest BCUT2D eigenvalue weighted by molar-refractivity contribution is 6.28. The van der Waals surface area contributed by atoms with E-state index in [9.17, 15) is 0 Å². The van der Waals surface area contributed by atoms with Gasteiger partial charge in [0.15, 0.2) is 0 Å². The fourth-order valence-corrected chi connectivity index (χ4v) is 1.44. The first-order valence-corrected chi connectivity index (χ1v) is 5.29. The Morgan fingerprint density at radius 2 is 2.13 bits per heavy atom. The van der Waals surface area contributed by atoms with Gasteiger partial charge in [-0.1, -0.05) is 13.8 Å². The summed E-state index contributed by atoms with van der Waals surface area (Å²) in [5, 5.41) is 12.5. The molecular weight excluding hydrogens is 214 g/mol. The fourth-order valence-electron chi connectivity index (χ4n) is 1.22. The van der Waals surface area contributed by atoms with Gasteiger partial charge in [0.05, 0.1) is 12.6 Å². The summed E-state index contributed by atoms with van der Waals surface area (Å²) >= 11 is 5.73. The highest BCUT2D eigenvalue weighted by atomic mass is 35.5. The smallest absolute Gasteiger partial charge is 0.224 e. The Morgan fingerprint density at radius 1 is 1.47 bits per heavy atom.